The van der Waals surface area contributed by atoms with E-state index in [1.54, 1.807) is 0 Å². The lowest BCUT2D eigenvalue weighted by molar-refractivity contribution is 1.07. The van der Waals surface area contributed by atoms with Gasteiger partial charge in [-0.2, -0.15) is 0 Å². The highest BCUT2D eigenvalue weighted by Gasteiger charge is 2.26. The Morgan fingerprint density at radius 3 is 0.923 bits per heavy atom. The van der Waals surface area contributed by atoms with E-state index in [2.05, 4.69) is 296 Å². The monoisotopic (exact) mass is 1160 g/mol. The van der Waals surface area contributed by atoms with Gasteiger partial charge >= 0.3 is 0 Å². The molecule has 0 fully saturated rings. The van der Waals surface area contributed by atoms with Crippen molar-refractivity contribution < 1.29 is 0 Å². The summed E-state index contributed by atoms with van der Waals surface area (Å²) in [6.45, 7) is 8.77. The van der Waals surface area contributed by atoms with Crippen molar-refractivity contribution in [2.45, 2.75) is 27.7 Å². The van der Waals surface area contributed by atoms with Crippen molar-refractivity contribution in [2.75, 3.05) is 0 Å². The zero-order chi connectivity index (χ0) is 60.8. The Morgan fingerprint density at radius 1 is 0.209 bits per heavy atom. The molecule has 17 aromatic rings. The van der Waals surface area contributed by atoms with Gasteiger partial charge in [0, 0.05) is 71.5 Å². The van der Waals surface area contributed by atoms with Crippen molar-refractivity contribution in [1.82, 2.24) is 28.7 Å². The number of benzene rings is 13. The molecule has 0 radical (unpaired) electrons. The summed E-state index contributed by atoms with van der Waals surface area (Å²) in [5.41, 5.74) is 26.3. The van der Waals surface area contributed by atoms with E-state index in [0.717, 1.165) is 99.9 Å². The lowest BCUT2D eigenvalue weighted by Crippen LogP contribution is -2.05. The summed E-state index contributed by atoms with van der Waals surface area (Å²) >= 11 is 0. The molecule has 0 aliphatic carbocycles. The third kappa shape index (κ3) is 9.22. The molecule has 0 saturated heterocycles. The van der Waals surface area contributed by atoms with Crippen molar-refractivity contribution in [3.05, 3.63) is 313 Å². The number of hydrogen-bond donors (Lipinski definition) is 0. The van der Waals surface area contributed by atoms with E-state index < -0.39 is 0 Å². The maximum absolute atomic E-state index is 5.48. The first-order chi connectivity index (χ1) is 44.7. The van der Waals surface area contributed by atoms with Gasteiger partial charge in [0.2, 0.25) is 0 Å². The average molecular weight is 1170 g/mol. The minimum absolute atomic E-state index is 0.567. The van der Waals surface area contributed by atoms with Crippen molar-refractivity contribution in [3.63, 3.8) is 0 Å². The van der Waals surface area contributed by atoms with Crippen molar-refractivity contribution >= 4 is 65.4 Å². The van der Waals surface area contributed by atoms with E-state index in [1.807, 2.05) is 36.4 Å². The second-order valence-corrected chi connectivity index (χ2v) is 24.4. The van der Waals surface area contributed by atoms with E-state index in [-0.39, 0.29) is 0 Å². The highest BCUT2D eigenvalue weighted by molar-refractivity contribution is 6.14. The van der Waals surface area contributed by atoms with Crippen LogP contribution in [0.2, 0.25) is 0 Å². The quantitative estimate of drug-likeness (QED) is 0.137. The van der Waals surface area contributed by atoms with E-state index in [9.17, 15) is 0 Å². The smallest absolute Gasteiger partial charge is 0.164 e. The third-order valence-corrected chi connectivity index (χ3v) is 18.2. The van der Waals surface area contributed by atoms with Gasteiger partial charge in [-0.15, -0.1) is 0 Å². The SMILES string of the molecule is Cc1cc(C)cc(-c2ccc3c(c2)c2cc(-c4cc(C)cc(C)c4)ccc2n3-c2c(-c3cccc(-n4c5ccccc5c5ccccc54)c3)cc(-c3nc(-c4ccccc4)nc(-c4ccccc4)n3)cc2-c2cccc(-n3c4ccccc4c4ccccc43)c2)c1. The molecule has 13 aromatic carbocycles. The predicted octanol–water partition coefficient (Wildman–Crippen LogP) is 22.1. The first-order valence-electron chi connectivity index (χ1n) is 31.2. The van der Waals surface area contributed by atoms with Crippen LogP contribution >= 0.6 is 0 Å². The molecule has 0 atom stereocenters. The van der Waals surface area contributed by atoms with Crippen LogP contribution in [0.15, 0.2) is 291 Å². The Morgan fingerprint density at radius 2 is 0.538 bits per heavy atom. The maximum atomic E-state index is 5.48. The summed E-state index contributed by atoms with van der Waals surface area (Å²) in [6.07, 6.45) is 0. The summed E-state index contributed by atoms with van der Waals surface area (Å²) in [4.78, 5) is 16.2. The molecule has 0 bridgehead atoms. The van der Waals surface area contributed by atoms with E-state index in [0.29, 0.717) is 17.5 Å². The zero-order valence-corrected chi connectivity index (χ0v) is 50.9. The molecule has 6 nitrogen and oxygen atoms in total. The topological polar surface area (TPSA) is 53.5 Å². The van der Waals surface area contributed by atoms with Gasteiger partial charge < -0.3 is 13.7 Å². The van der Waals surface area contributed by atoms with Crippen LogP contribution in [0.5, 0.6) is 0 Å². The number of hydrogen-bond acceptors (Lipinski definition) is 3. The standard InChI is InChI=1S/C85H60N6/c1-53-41-54(2)44-63(43-53)59-37-39-80-74(49-59)75-50-60(64-45-55(3)42-56(4)46-64)38-40-81(75)91(80)82-72(61-25-19-27-66(47-61)89-76-33-15-11-29-68(76)69-30-12-16-34-77(69)89)51-65(85-87-83(57-21-7-5-8-22-57)86-84(88-85)58-23-9-6-10-24-58)52-73(82)62-26-20-28-67(48-62)90-78-35-17-13-31-70(78)71-32-14-18-36-79(71)90/h5-52H,1-4H3. The van der Waals surface area contributed by atoms with E-state index in [4.69, 9.17) is 15.0 Å². The summed E-state index contributed by atoms with van der Waals surface area (Å²) < 4.78 is 7.39. The first-order valence-corrected chi connectivity index (χ1v) is 31.2. The number of aryl methyl sites for hydroxylation is 4. The fraction of sp³-hybridized carbons (Fsp3) is 0.0471. The normalized spacial score (nSPS) is 11.7. The van der Waals surface area contributed by atoms with Crippen molar-refractivity contribution in [3.8, 4) is 95.7 Å². The van der Waals surface area contributed by atoms with Gasteiger partial charge in [-0.1, -0.05) is 229 Å². The second-order valence-electron chi connectivity index (χ2n) is 24.4. The predicted molar refractivity (Wildman–Crippen MR) is 380 cm³/mol. The molecule has 0 aliphatic heterocycles. The molecule has 0 saturated carbocycles. The molecule has 0 amide bonds. The van der Waals surface area contributed by atoms with Gasteiger partial charge in [0.15, 0.2) is 17.5 Å². The van der Waals surface area contributed by atoms with Crippen LogP contribution in [-0.4, -0.2) is 28.7 Å². The minimum atomic E-state index is 0.567. The number of aromatic nitrogens is 6. The van der Waals surface area contributed by atoms with E-state index in [1.165, 1.54) is 66.1 Å². The van der Waals surface area contributed by atoms with Gasteiger partial charge in [0.05, 0.1) is 38.8 Å². The van der Waals surface area contributed by atoms with Gasteiger partial charge in [-0.3, -0.25) is 0 Å². The van der Waals surface area contributed by atoms with Crippen LogP contribution in [0.25, 0.3) is 161 Å². The fourth-order valence-corrected chi connectivity index (χ4v) is 14.3. The van der Waals surface area contributed by atoms with Crippen LogP contribution < -0.4 is 0 Å². The molecule has 6 heteroatoms. The molecular formula is C85H60N6. The Balaban J connectivity index is 1.02. The minimum Gasteiger partial charge on any atom is -0.309 e. The summed E-state index contributed by atoms with van der Waals surface area (Å²) in [7, 11) is 0. The number of para-hydroxylation sites is 4. The molecule has 4 heterocycles. The van der Waals surface area contributed by atoms with Gasteiger partial charge in [0.25, 0.3) is 0 Å². The number of fused-ring (bicyclic) bond motifs is 9. The van der Waals surface area contributed by atoms with Crippen LogP contribution in [0, 0.1) is 27.7 Å². The Kier molecular flexibility index (Phi) is 12.7. The van der Waals surface area contributed by atoms with Crippen LogP contribution in [0.1, 0.15) is 22.3 Å². The molecule has 91 heavy (non-hydrogen) atoms. The van der Waals surface area contributed by atoms with Crippen molar-refractivity contribution in [2.24, 2.45) is 0 Å². The molecule has 0 N–H and O–H groups in total. The molecule has 4 aromatic heterocycles. The second kappa shape index (κ2) is 21.5. The summed E-state index contributed by atoms with van der Waals surface area (Å²) in [6, 6.07) is 106. The summed E-state index contributed by atoms with van der Waals surface area (Å²) in [5, 5.41) is 7.16. The fourth-order valence-electron chi connectivity index (χ4n) is 14.3. The number of rotatable bonds is 10. The zero-order valence-electron chi connectivity index (χ0n) is 50.9. The molecule has 0 spiro atoms. The highest BCUT2D eigenvalue weighted by atomic mass is 15.0. The molecule has 0 aliphatic rings. The lowest BCUT2D eigenvalue weighted by atomic mass is 9.92. The Hall–Kier alpha value is -11.7. The third-order valence-electron chi connectivity index (χ3n) is 18.2. The maximum Gasteiger partial charge on any atom is 0.164 e. The highest BCUT2D eigenvalue weighted by Crippen LogP contribution is 2.47. The Bertz CT molecular complexity index is 5270. The lowest BCUT2D eigenvalue weighted by Gasteiger charge is -2.22. The van der Waals surface area contributed by atoms with Crippen LogP contribution in [0.4, 0.5) is 0 Å². The van der Waals surface area contributed by atoms with Crippen molar-refractivity contribution in [1.29, 1.82) is 0 Å². The largest absolute Gasteiger partial charge is 0.309 e. The molecular weight excluding hydrogens is 1100 g/mol. The molecule has 17 rings (SSSR count). The van der Waals surface area contributed by atoms with Gasteiger partial charge in [-0.25, -0.2) is 15.0 Å². The Labute approximate surface area is 527 Å². The first kappa shape index (κ1) is 53.5. The molecule has 430 valence electrons. The number of nitrogens with zero attached hydrogens (tertiary/aromatic N) is 6. The van der Waals surface area contributed by atoms with E-state index >= 15 is 0 Å². The molecule has 0 unspecified atom stereocenters. The van der Waals surface area contributed by atoms with Crippen LogP contribution in [-0.2, 0) is 0 Å². The van der Waals surface area contributed by atoms with Gasteiger partial charge in [-0.05, 0) is 146 Å². The van der Waals surface area contributed by atoms with Gasteiger partial charge in [0.1, 0.15) is 0 Å². The average Bonchev–Trinajstić information content (AvgIpc) is 1.65. The summed E-state index contributed by atoms with van der Waals surface area (Å²) in [5.74, 6) is 1.76. The van der Waals surface area contributed by atoms with Crippen LogP contribution in [0.3, 0.4) is 0 Å².